The summed E-state index contributed by atoms with van der Waals surface area (Å²) in [5, 5.41) is 8.59. The minimum Gasteiger partial charge on any atom is -0.481 e. The second-order valence-corrected chi connectivity index (χ2v) is 9.04. The Labute approximate surface area is 142 Å². The van der Waals surface area contributed by atoms with E-state index in [0.29, 0.717) is 25.2 Å². The van der Waals surface area contributed by atoms with E-state index in [1.165, 1.54) is 0 Å². The van der Waals surface area contributed by atoms with Crippen molar-refractivity contribution in [2.45, 2.75) is 37.4 Å². The highest BCUT2D eigenvalue weighted by molar-refractivity contribution is 7.93. The predicted molar refractivity (Wildman–Crippen MR) is 92.4 cm³/mol. The van der Waals surface area contributed by atoms with E-state index >= 15 is 0 Å². The number of carboxylic acids is 1. The van der Waals surface area contributed by atoms with Gasteiger partial charge >= 0.3 is 5.97 Å². The van der Waals surface area contributed by atoms with Crippen LogP contribution in [0.2, 0.25) is 0 Å². The Hall–Kier alpha value is -1.60. The molecule has 0 radical (unpaired) electrons. The van der Waals surface area contributed by atoms with E-state index < -0.39 is 21.2 Å². The summed E-state index contributed by atoms with van der Waals surface area (Å²) < 4.78 is 27.9. The lowest BCUT2D eigenvalue weighted by Crippen LogP contribution is -2.46. The molecule has 1 aliphatic carbocycles. The first-order valence-corrected chi connectivity index (χ1v) is 9.94. The molecule has 2 fully saturated rings. The standard InChI is InChI=1S/C17H24N2O4S/c20-16(21)11-17(8-9-17)13-19-10-4-7-15(12-19)24(22,23)18-14-5-2-1-3-6-14/h1-3,5-6,15,18H,4,7-13H2,(H,20,21). The van der Waals surface area contributed by atoms with Crippen molar-refractivity contribution in [3.05, 3.63) is 30.3 Å². The number of likely N-dealkylation sites (tertiary alicyclic amines) is 1. The maximum absolute atomic E-state index is 12.6. The number of nitrogens with one attached hydrogen (secondary N) is 1. The number of piperidine rings is 1. The number of carboxylic acid groups (broad SMARTS) is 1. The summed E-state index contributed by atoms with van der Waals surface area (Å²) in [5.41, 5.74) is 0.448. The van der Waals surface area contributed by atoms with Crippen LogP contribution in [0.5, 0.6) is 0 Å². The highest BCUT2D eigenvalue weighted by Gasteiger charge is 2.46. The highest BCUT2D eigenvalue weighted by Crippen LogP contribution is 2.49. The third kappa shape index (κ3) is 4.27. The molecule has 1 heterocycles. The Balaban J connectivity index is 1.62. The van der Waals surface area contributed by atoms with Crippen molar-refractivity contribution in [2.24, 2.45) is 5.41 Å². The van der Waals surface area contributed by atoms with Crippen LogP contribution in [0.4, 0.5) is 5.69 Å². The van der Waals surface area contributed by atoms with Gasteiger partial charge in [-0.25, -0.2) is 8.42 Å². The second kappa shape index (κ2) is 6.72. The van der Waals surface area contributed by atoms with Crippen LogP contribution in [-0.2, 0) is 14.8 Å². The third-order valence-electron chi connectivity index (χ3n) is 4.98. The number of para-hydroxylation sites is 1. The fraction of sp³-hybridized carbons (Fsp3) is 0.588. The van der Waals surface area contributed by atoms with Gasteiger partial charge in [0.05, 0.1) is 11.7 Å². The Kier molecular flexibility index (Phi) is 4.83. The molecule has 0 bridgehead atoms. The molecule has 2 N–H and O–H groups in total. The summed E-state index contributed by atoms with van der Waals surface area (Å²) in [4.78, 5) is 13.1. The van der Waals surface area contributed by atoms with Gasteiger partial charge in [0.15, 0.2) is 0 Å². The number of sulfonamides is 1. The van der Waals surface area contributed by atoms with Crippen molar-refractivity contribution in [3.8, 4) is 0 Å². The Morgan fingerprint density at radius 1 is 1.29 bits per heavy atom. The SMILES string of the molecule is O=C(O)CC1(CN2CCCC(S(=O)(=O)Nc3ccccc3)C2)CC1. The number of hydrogen-bond donors (Lipinski definition) is 2. The van der Waals surface area contributed by atoms with Gasteiger partial charge in [-0.3, -0.25) is 9.52 Å². The summed E-state index contributed by atoms with van der Waals surface area (Å²) in [6.45, 7) is 2.01. The van der Waals surface area contributed by atoms with Crippen LogP contribution < -0.4 is 4.72 Å². The first-order chi connectivity index (χ1) is 11.4. The molecular formula is C17H24N2O4S. The molecule has 0 amide bonds. The monoisotopic (exact) mass is 352 g/mol. The Bertz CT molecular complexity index is 686. The first kappa shape index (κ1) is 17.2. The average molecular weight is 352 g/mol. The lowest BCUT2D eigenvalue weighted by molar-refractivity contribution is -0.138. The quantitative estimate of drug-likeness (QED) is 0.785. The Morgan fingerprint density at radius 2 is 2.00 bits per heavy atom. The van der Waals surface area contributed by atoms with Crippen molar-refractivity contribution in [3.63, 3.8) is 0 Å². The van der Waals surface area contributed by atoms with Crippen molar-refractivity contribution >= 4 is 21.7 Å². The number of hydrogen-bond acceptors (Lipinski definition) is 4. The van der Waals surface area contributed by atoms with Crippen molar-refractivity contribution in [1.82, 2.24) is 4.90 Å². The Morgan fingerprint density at radius 3 is 2.62 bits per heavy atom. The van der Waals surface area contributed by atoms with Crippen LogP contribution in [-0.4, -0.2) is 49.3 Å². The zero-order chi connectivity index (χ0) is 17.2. The van der Waals surface area contributed by atoms with Crippen LogP contribution in [0.25, 0.3) is 0 Å². The van der Waals surface area contributed by atoms with Crippen LogP contribution in [0, 0.1) is 5.41 Å². The smallest absolute Gasteiger partial charge is 0.303 e. The van der Waals surface area contributed by atoms with Crippen LogP contribution in [0.3, 0.4) is 0 Å². The number of nitrogens with zero attached hydrogens (tertiary/aromatic N) is 1. The fourth-order valence-corrected chi connectivity index (χ4v) is 5.04. The van der Waals surface area contributed by atoms with E-state index in [1.54, 1.807) is 24.3 Å². The van der Waals surface area contributed by atoms with Gasteiger partial charge in [0.25, 0.3) is 0 Å². The molecule has 0 aromatic heterocycles. The van der Waals surface area contributed by atoms with Gasteiger partial charge in [0.2, 0.25) is 10.0 Å². The van der Waals surface area contributed by atoms with E-state index in [2.05, 4.69) is 9.62 Å². The molecule has 24 heavy (non-hydrogen) atoms. The van der Waals surface area contributed by atoms with Gasteiger partial charge in [-0.05, 0) is 49.8 Å². The second-order valence-electron chi connectivity index (χ2n) is 7.08. The number of benzene rings is 1. The fourth-order valence-electron chi connectivity index (χ4n) is 3.53. The minimum absolute atomic E-state index is 0.135. The molecule has 1 unspecified atom stereocenters. The van der Waals surface area contributed by atoms with Crippen molar-refractivity contribution < 1.29 is 18.3 Å². The summed E-state index contributed by atoms with van der Waals surface area (Å²) in [7, 11) is -3.44. The number of aliphatic carboxylic acids is 1. The topological polar surface area (TPSA) is 86.7 Å². The summed E-state index contributed by atoms with van der Waals surface area (Å²) in [5.74, 6) is -0.764. The first-order valence-electron chi connectivity index (χ1n) is 8.39. The summed E-state index contributed by atoms with van der Waals surface area (Å²) in [6.07, 6.45) is 3.50. The van der Waals surface area contributed by atoms with Crippen molar-refractivity contribution in [2.75, 3.05) is 24.4 Å². The normalized spacial score (nSPS) is 23.6. The largest absolute Gasteiger partial charge is 0.481 e. The van der Waals surface area contributed by atoms with Crippen LogP contribution in [0.15, 0.2) is 30.3 Å². The molecule has 2 aliphatic rings. The highest BCUT2D eigenvalue weighted by atomic mass is 32.2. The average Bonchev–Trinajstić information content (AvgIpc) is 3.26. The summed E-state index contributed by atoms with van der Waals surface area (Å²) >= 11 is 0. The van der Waals surface area contributed by atoms with Gasteiger partial charge in [-0.15, -0.1) is 0 Å². The van der Waals surface area contributed by atoms with E-state index in [1.807, 2.05) is 6.07 Å². The lowest BCUT2D eigenvalue weighted by atomic mass is 10.00. The maximum atomic E-state index is 12.6. The molecule has 7 heteroatoms. The molecular weight excluding hydrogens is 328 g/mol. The zero-order valence-electron chi connectivity index (χ0n) is 13.6. The number of anilines is 1. The lowest BCUT2D eigenvalue weighted by Gasteiger charge is -2.34. The summed E-state index contributed by atoms with van der Waals surface area (Å²) in [6, 6.07) is 8.92. The third-order valence-corrected chi connectivity index (χ3v) is 6.76. The molecule has 1 saturated carbocycles. The van der Waals surface area contributed by atoms with Crippen LogP contribution in [0.1, 0.15) is 32.1 Å². The van der Waals surface area contributed by atoms with E-state index in [0.717, 1.165) is 25.8 Å². The predicted octanol–water partition coefficient (Wildman–Crippen LogP) is 2.15. The minimum atomic E-state index is -3.44. The zero-order valence-corrected chi connectivity index (χ0v) is 14.5. The van der Waals surface area contributed by atoms with Gasteiger partial charge in [0, 0.05) is 18.8 Å². The van der Waals surface area contributed by atoms with Gasteiger partial charge < -0.3 is 10.0 Å². The molecule has 3 rings (SSSR count). The molecule has 1 aromatic carbocycles. The van der Waals surface area contributed by atoms with Crippen LogP contribution >= 0.6 is 0 Å². The van der Waals surface area contributed by atoms with E-state index in [4.69, 9.17) is 5.11 Å². The van der Waals surface area contributed by atoms with Gasteiger partial charge in [0.1, 0.15) is 0 Å². The molecule has 1 saturated heterocycles. The molecule has 6 nitrogen and oxygen atoms in total. The molecule has 1 aliphatic heterocycles. The van der Waals surface area contributed by atoms with Gasteiger partial charge in [-0.2, -0.15) is 0 Å². The molecule has 1 aromatic rings. The van der Waals surface area contributed by atoms with Crippen molar-refractivity contribution in [1.29, 1.82) is 0 Å². The van der Waals surface area contributed by atoms with E-state index in [-0.39, 0.29) is 11.8 Å². The number of carbonyl (C=O) groups is 1. The number of rotatable bonds is 7. The maximum Gasteiger partial charge on any atom is 0.303 e. The van der Waals surface area contributed by atoms with Gasteiger partial charge in [-0.1, -0.05) is 18.2 Å². The molecule has 132 valence electrons. The van der Waals surface area contributed by atoms with E-state index in [9.17, 15) is 13.2 Å². The molecule has 0 spiro atoms. The molecule has 1 atom stereocenters.